The zero-order valence-electron chi connectivity index (χ0n) is 8.69. The smallest absolute Gasteiger partial charge is 0.00612 e. The van der Waals surface area contributed by atoms with Crippen LogP contribution in [-0.2, 0) is 0 Å². The molecule has 0 aromatic heterocycles. The van der Waals surface area contributed by atoms with E-state index in [2.05, 4.69) is 26.0 Å². The summed E-state index contributed by atoms with van der Waals surface area (Å²) in [6.07, 6.45) is 11.2. The highest BCUT2D eigenvalue weighted by atomic mass is 14.3. The van der Waals surface area contributed by atoms with E-state index in [0.29, 0.717) is 0 Å². The number of hydrogen-bond acceptors (Lipinski definition) is 0. The van der Waals surface area contributed by atoms with E-state index in [-0.39, 0.29) is 0 Å². The molecule has 70 valence electrons. The van der Waals surface area contributed by atoms with Gasteiger partial charge in [0.05, 0.1) is 0 Å². The highest BCUT2D eigenvalue weighted by Crippen LogP contribution is 2.41. The Morgan fingerprint density at radius 2 is 1.77 bits per heavy atom. The first-order chi connectivity index (χ1) is 6.33. The molecule has 2 aliphatic carbocycles. The molecule has 0 atom stereocenters. The summed E-state index contributed by atoms with van der Waals surface area (Å²) in [6, 6.07) is 0. The van der Waals surface area contributed by atoms with Crippen molar-refractivity contribution in [1.82, 2.24) is 0 Å². The van der Waals surface area contributed by atoms with E-state index in [1.54, 1.807) is 22.3 Å². The highest BCUT2D eigenvalue weighted by Gasteiger charge is 2.22. The summed E-state index contributed by atoms with van der Waals surface area (Å²) in [6.45, 7) is 4.42. The molecular formula is C13H18. The van der Waals surface area contributed by atoms with Crippen LogP contribution in [0.25, 0.3) is 0 Å². The number of allylic oxidation sites excluding steroid dienone is 6. The molecule has 0 heterocycles. The van der Waals surface area contributed by atoms with Gasteiger partial charge in [0.15, 0.2) is 0 Å². The van der Waals surface area contributed by atoms with Gasteiger partial charge in [0, 0.05) is 0 Å². The van der Waals surface area contributed by atoms with Gasteiger partial charge in [-0.2, -0.15) is 0 Å². The molecule has 0 heteroatoms. The van der Waals surface area contributed by atoms with Crippen molar-refractivity contribution in [2.75, 3.05) is 0 Å². The van der Waals surface area contributed by atoms with E-state index in [9.17, 15) is 0 Å². The lowest BCUT2D eigenvalue weighted by Gasteiger charge is -2.16. The number of fused-ring (bicyclic) bond motifs is 1. The summed E-state index contributed by atoms with van der Waals surface area (Å²) in [5.74, 6) is 0. The summed E-state index contributed by atoms with van der Waals surface area (Å²) in [7, 11) is 0. The normalized spacial score (nSPS) is 23.2. The lowest BCUT2D eigenvalue weighted by Crippen LogP contribution is -1.97. The van der Waals surface area contributed by atoms with Gasteiger partial charge in [-0.15, -0.1) is 0 Å². The van der Waals surface area contributed by atoms with Crippen LogP contribution < -0.4 is 0 Å². The van der Waals surface area contributed by atoms with Gasteiger partial charge in [0.1, 0.15) is 0 Å². The molecule has 0 amide bonds. The maximum absolute atomic E-state index is 2.30. The monoisotopic (exact) mass is 174 g/mol. The average Bonchev–Trinajstić information content (AvgIpc) is 2.46. The van der Waals surface area contributed by atoms with E-state index < -0.39 is 0 Å². The van der Waals surface area contributed by atoms with Crippen molar-refractivity contribution in [3.05, 3.63) is 34.4 Å². The predicted octanol–water partition coefficient (Wildman–Crippen LogP) is 4.15. The Labute approximate surface area is 81.0 Å². The minimum Gasteiger partial charge on any atom is -0.0874 e. The molecule has 0 unspecified atom stereocenters. The molecule has 0 aromatic carbocycles. The van der Waals surface area contributed by atoms with Crippen molar-refractivity contribution in [1.29, 1.82) is 0 Å². The minimum atomic E-state index is 1.22. The minimum absolute atomic E-state index is 1.22. The Balaban J connectivity index is 2.32. The van der Waals surface area contributed by atoms with Crippen LogP contribution in [0.15, 0.2) is 34.4 Å². The average molecular weight is 174 g/mol. The van der Waals surface area contributed by atoms with E-state index in [4.69, 9.17) is 0 Å². The lowest BCUT2D eigenvalue weighted by molar-refractivity contribution is 0.678. The summed E-state index contributed by atoms with van der Waals surface area (Å²) >= 11 is 0. The maximum atomic E-state index is 2.30. The van der Waals surface area contributed by atoms with Crippen LogP contribution in [0.2, 0.25) is 0 Å². The third-order valence-electron chi connectivity index (χ3n) is 3.19. The first kappa shape index (κ1) is 8.80. The van der Waals surface area contributed by atoms with Crippen LogP contribution in [0.3, 0.4) is 0 Å². The molecule has 0 aromatic rings. The zero-order valence-corrected chi connectivity index (χ0v) is 8.69. The van der Waals surface area contributed by atoms with Crippen LogP contribution in [-0.4, -0.2) is 0 Å². The van der Waals surface area contributed by atoms with Crippen molar-refractivity contribution in [2.24, 2.45) is 0 Å². The van der Waals surface area contributed by atoms with Crippen molar-refractivity contribution >= 4 is 0 Å². The summed E-state index contributed by atoms with van der Waals surface area (Å²) in [5.41, 5.74) is 6.60. The first-order valence-electron chi connectivity index (χ1n) is 5.36. The zero-order chi connectivity index (χ0) is 9.26. The fraction of sp³-hybridized carbons (Fsp3) is 0.538. The van der Waals surface area contributed by atoms with Gasteiger partial charge in [-0.05, 0) is 62.7 Å². The number of rotatable bonds is 1. The first-order valence-corrected chi connectivity index (χ1v) is 5.36. The SMILES string of the molecule is C/C=C/C1=C2CCCCC2=C(C)C1. The number of hydrogen-bond donors (Lipinski definition) is 0. The van der Waals surface area contributed by atoms with Gasteiger partial charge in [-0.1, -0.05) is 17.7 Å². The van der Waals surface area contributed by atoms with Crippen LogP contribution in [0.1, 0.15) is 46.0 Å². The van der Waals surface area contributed by atoms with Crippen molar-refractivity contribution in [3.63, 3.8) is 0 Å². The van der Waals surface area contributed by atoms with Gasteiger partial charge in [0.25, 0.3) is 0 Å². The van der Waals surface area contributed by atoms with Gasteiger partial charge in [-0.25, -0.2) is 0 Å². The molecule has 1 saturated carbocycles. The Kier molecular flexibility index (Phi) is 2.39. The molecule has 2 aliphatic rings. The van der Waals surface area contributed by atoms with E-state index >= 15 is 0 Å². The Morgan fingerprint density at radius 3 is 2.46 bits per heavy atom. The molecule has 13 heavy (non-hydrogen) atoms. The maximum Gasteiger partial charge on any atom is -0.00612 e. The molecule has 0 nitrogen and oxygen atoms in total. The third-order valence-corrected chi connectivity index (χ3v) is 3.19. The Bertz CT molecular complexity index is 300. The second kappa shape index (κ2) is 3.53. The molecular weight excluding hydrogens is 156 g/mol. The van der Waals surface area contributed by atoms with Gasteiger partial charge < -0.3 is 0 Å². The quantitative estimate of drug-likeness (QED) is 0.560. The topological polar surface area (TPSA) is 0 Å². The summed E-state index contributed by atoms with van der Waals surface area (Å²) in [4.78, 5) is 0. The fourth-order valence-electron chi connectivity index (χ4n) is 2.59. The largest absolute Gasteiger partial charge is 0.0874 e. The van der Waals surface area contributed by atoms with Crippen LogP contribution in [0.4, 0.5) is 0 Å². The van der Waals surface area contributed by atoms with Crippen molar-refractivity contribution < 1.29 is 0 Å². The van der Waals surface area contributed by atoms with Crippen LogP contribution >= 0.6 is 0 Å². The second-order valence-corrected chi connectivity index (χ2v) is 4.15. The second-order valence-electron chi connectivity index (χ2n) is 4.15. The fourth-order valence-corrected chi connectivity index (χ4v) is 2.59. The highest BCUT2D eigenvalue weighted by molar-refractivity contribution is 5.51. The van der Waals surface area contributed by atoms with Crippen molar-refractivity contribution in [2.45, 2.75) is 46.0 Å². The van der Waals surface area contributed by atoms with Gasteiger partial charge in [-0.3, -0.25) is 0 Å². The molecule has 0 spiro atoms. The van der Waals surface area contributed by atoms with Gasteiger partial charge >= 0.3 is 0 Å². The van der Waals surface area contributed by atoms with Crippen LogP contribution in [0, 0.1) is 0 Å². The molecule has 0 N–H and O–H groups in total. The summed E-state index contributed by atoms with van der Waals surface area (Å²) in [5, 5.41) is 0. The molecule has 0 saturated heterocycles. The molecule has 1 fully saturated rings. The lowest BCUT2D eigenvalue weighted by atomic mass is 9.89. The Morgan fingerprint density at radius 1 is 1.08 bits per heavy atom. The summed E-state index contributed by atoms with van der Waals surface area (Å²) < 4.78 is 0. The standard InChI is InChI=1S/C13H18/c1-3-6-11-9-10(2)12-7-4-5-8-13(11)12/h3,6H,4-5,7-9H2,1-2H3/b6-3+. The molecule has 0 aliphatic heterocycles. The molecule has 2 rings (SSSR count). The van der Waals surface area contributed by atoms with Crippen molar-refractivity contribution in [3.8, 4) is 0 Å². The predicted molar refractivity (Wildman–Crippen MR) is 57.6 cm³/mol. The third kappa shape index (κ3) is 1.50. The Hall–Kier alpha value is -0.780. The van der Waals surface area contributed by atoms with Crippen LogP contribution in [0.5, 0.6) is 0 Å². The van der Waals surface area contributed by atoms with E-state index in [1.165, 1.54) is 32.1 Å². The van der Waals surface area contributed by atoms with E-state index in [1.807, 2.05) is 0 Å². The van der Waals surface area contributed by atoms with Gasteiger partial charge in [0.2, 0.25) is 0 Å². The molecule has 0 bridgehead atoms. The molecule has 0 radical (unpaired) electrons. The van der Waals surface area contributed by atoms with E-state index in [0.717, 1.165) is 0 Å².